The molecule has 0 aliphatic carbocycles. The highest BCUT2D eigenvalue weighted by Crippen LogP contribution is 2.34. The van der Waals surface area contributed by atoms with Gasteiger partial charge in [-0.1, -0.05) is 23.7 Å². The lowest BCUT2D eigenvalue weighted by Gasteiger charge is -2.14. The number of carbonyl (C=O) groups is 1. The van der Waals surface area contributed by atoms with Crippen molar-refractivity contribution >= 4 is 67.5 Å². The van der Waals surface area contributed by atoms with Gasteiger partial charge in [0.1, 0.15) is 6.61 Å². The first-order valence-corrected chi connectivity index (χ1v) is 15.6. The number of nitrogens with one attached hydrogen (secondary N) is 2. The number of non-ortho nitro benzene ring substituents is 1. The third-order valence-corrected chi connectivity index (χ3v) is 8.01. The van der Waals surface area contributed by atoms with Gasteiger partial charge in [0.2, 0.25) is 0 Å². The topological polar surface area (TPSA) is 128 Å². The Bertz CT molecular complexity index is 1830. The number of hydrogen-bond acceptors (Lipinski definition) is 9. The molecule has 0 aliphatic rings. The fraction of sp³-hybridized carbons (Fsp3) is 0.0938. The molecule has 0 aliphatic heterocycles. The van der Waals surface area contributed by atoms with Gasteiger partial charge in [-0.25, -0.2) is 10.4 Å². The molecule has 4 aromatic carbocycles. The number of rotatable bonds is 12. The first-order valence-electron chi connectivity index (χ1n) is 13.5. The van der Waals surface area contributed by atoms with Gasteiger partial charge in [0.15, 0.2) is 16.6 Å². The summed E-state index contributed by atoms with van der Waals surface area (Å²) in [6.07, 6.45) is 1.50. The number of benzene rings is 4. The van der Waals surface area contributed by atoms with E-state index in [1.165, 1.54) is 29.7 Å². The van der Waals surface area contributed by atoms with Gasteiger partial charge < -0.3 is 14.8 Å². The van der Waals surface area contributed by atoms with Crippen LogP contribution in [-0.2, 0) is 6.61 Å². The van der Waals surface area contributed by atoms with Crippen molar-refractivity contribution in [2.75, 3.05) is 11.9 Å². The summed E-state index contributed by atoms with van der Waals surface area (Å²) in [6.45, 7) is 2.45. The molecule has 13 heteroatoms. The normalized spacial score (nSPS) is 10.9. The Labute approximate surface area is 276 Å². The number of ether oxygens (including phenoxy) is 2. The SMILES string of the molecule is CCOc1cc(/C=N\NC(=O)c2ccc(-c3csc(Nc4ccc(Cl)cc4)n3)cc2)c(Br)cc1OCc1ccc([N+](=O)[O-])cc1. The summed E-state index contributed by atoms with van der Waals surface area (Å²) in [5.41, 5.74) is 6.97. The predicted molar refractivity (Wildman–Crippen MR) is 180 cm³/mol. The van der Waals surface area contributed by atoms with Crippen LogP contribution in [-0.4, -0.2) is 28.6 Å². The Hall–Kier alpha value is -4.78. The molecule has 0 saturated carbocycles. The van der Waals surface area contributed by atoms with Crippen molar-refractivity contribution in [3.8, 4) is 22.8 Å². The Morgan fingerprint density at radius 1 is 1.04 bits per heavy atom. The number of halogens is 2. The van der Waals surface area contributed by atoms with Crippen LogP contribution in [0.15, 0.2) is 99.9 Å². The van der Waals surface area contributed by atoms with E-state index in [4.69, 9.17) is 21.1 Å². The maximum absolute atomic E-state index is 12.7. The van der Waals surface area contributed by atoms with E-state index in [9.17, 15) is 14.9 Å². The average Bonchev–Trinajstić information content (AvgIpc) is 3.51. The van der Waals surface area contributed by atoms with E-state index >= 15 is 0 Å². The molecule has 0 bridgehead atoms. The van der Waals surface area contributed by atoms with E-state index in [-0.39, 0.29) is 18.2 Å². The minimum absolute atomic E-state index is 0.0119. The molecule has 5 rings (SSSR count). The number of thiazole rings is 1. The number of carbonyl (C=O) groups excluding carboxylic acids is 1. The smallest absolute Gasteiger partial charge is 0.271 e. The van der Waals surface area contributed by atoms with E-state index in [2.05, 4.69) is 36.8 Å². The molecule has 2 N–H and O–H groups in total. The van der Waals surface area contributed by atoms with Crippen molar-refractivity contribution in [1.82, 2.24) is 10.4 Å². The van der Waals surface area contributed by atoms with Crippen molar-refractivity contribution in [2.45, 2.75) is 13.5 Å². The highest BCUT2D eigenvalue weighted by molar-refractivity contribution is 9.10. The number of aromatic nitrogens is 1. The zero-order valence-electron chi connectivity index (χ0n) is 23.7. The summed E-state index contributed by atoms with van der Waals surface area (Å²) >= 11 is 10.9. The van der Waals surface area contributed by atoms with Crippen LogP contribution in [0, 0.1) is 10.1 Å². The van der Waals surface area contributed by atoms with E-state index in [1.807, 2.05) is 48.7 Å². The highest BCUT2D eigenvalue weighted by Gasteiger charge is 2.12. The molecule has 0 radical (unpaired) electrons. The number of anilines is 2. The Balaban J connectivity index is 1.19. The van der Waals surface area contributed by atoms with Gasteiger partial charge in [0, 0.05) is 49.4 Å². The Kier molecular flexibility index (Phi) is 10.4. The summed E-state index contributed by atoms with van der Waals surface area (Å²) in [4.78, 5) is 27.8. The molecule has 5 aromatic rings. The van der Waals surface area contributed by atoms with Crippen LogP contribution in [0.5, 0.6) is 11.5 Å². The molecule has 1 aromatic heterocycles. The van der Waals surface area contributed by atoms with Crippen molar-refractivity contribution in [3.05, 3.63) is 127 Å². The molecule has 0 fully saturated rings. The lowest BCUT2D eigenvalue weighted by atomic mass is 10.1. The van der Waals surface area contributed by atoms with Gasteiger partial charge in [-0.15, -0.1) is 11.3 Å². The van der Waals surface area contributed by atoms with E-state index in [0.29, 0.717) is 38.7 Å². The number of hydrogen-bond donors (Lipinski definition) is 2. The standard InChI is InChI=1S/C32H25BrClN5O5S/c1-2-43-29-15-23(27(33)16-30(29)44-18-20-3-13-26(14-4-20)39(41)42)17-35-38-31(40)22-7-5-21(6-8-22)28-19-45-32(37-28)36-25-11-9-24(34)10-12-25/h3-17,19H,2,18H2,1H3,(H,36,37)(H,38,40)/b35-17-. The highest BCUT2D eigenvalue weighted by atomic mass is 79.9. The number of amides is 1. The monoisotopic (exact) mass is 705 g/mol. The molecule has 10 nitrogen and oxygen atoms in total. The summed E-state index contributed by atoms with van der Waals surface area (Å²) in [5, 5.41) is 21.6. The maximum Gasteiger partial charge on any atom is 0.271 e. The zero-order valence-corrected chi connectivity index (χ0v) is 26.9. The van der Waals surface area contributed by atoms with Crippen molar-refractivity contribution in [2.24, 2.45) is 5.10 Å². The predicted octanol–water partition coefficient (Wildman–Crippen LogP) is 8.62. The van der Waals surface area contributed by atoms with E-state index in [1.54, 1.807) is 36.4 Å². The first-order chi connectivity index (χ1) is 21.8. The molecular formula is C32H25BrClN5O5S. The second kappa shape index (κ2) is 14.8. The summed E-state index contributed by atoms with van der Waals surface area (Å²) < 4.78 is 12.4. The fourth-order valence-corrected chi connectivity index (χ4v) is 5.33. The molecular weight excluding hydrogens is 682 g/mol. The second-order valence-electron chi connectivity index (χ2n) is 9.41. The molecule has 1 heterocycles. The lowest BCUT2D eigenvalue weighted by molar-refractivity contribution is -0.384. The van der Waals surface area contributed by atoms with Crippen LogP contribution in [0.25, 0.3) is 11.3 Å². The molecule has 0 saturated heterocycles. The van der Waals surface area contributed by atoms with Gasteiger partial charge >= 0.3 is 0 Å². The van der Waals surface area contributed by atoms with E-state index in [0.717, 1.165) is 27.6 Å². The minimum atomic E-state index is -0.449. The Morgan fingerprint density at radius 2 is 1.76 bits per heavy atom. The third-order valence-electron chi connectivity index (χ3n) is 6.32. The number of nitrogens with zero attached hydrogens (tertiary/aromatic N) is 3. The molecule has 45 heavy (non-hydrogen) atoms. The number of nitro groups is 1. The zero-order chi connectivity index (χ0) is 31.8. The molecule has 0 unspecified atom stereocenters. The lowest BCUT2D eigenvalue weighted by Crippen LogP contribution is -2.17. The van der Waals surface area contributed by atoms with Gasteiger partial charge in [-0.2, -0.15) is 5.10 Å². The molecule has 1 amide bonds. The van der Waals surface area contributed by atoms with Crippen LogP contribution in [0.2, 0.25) is 5.02 Å². The van der Waals surface area contributed by atoms with Gasteiger partial charge in [-0.3, -0.25) is 14.9 Å². The van der Waals surface area contributed by atoms with Crippen LogP contribution in [0.4, 0.5) is 16.5 Å². The Morgan fingerprint density at radius 3 is 2.44 bits per heavy atom. The van der Waals surface area contributed by atoms with Crippen molar-refractivity contribution in [3.63, 3.8) is 0 Å². The van der Waals surface area contributed by atoms with Crippen LogP contribution in [0.3, 0.4) is 0 Å². The van der Waals surface area contributed by atoms with Crippen LogP contribution in [0.1, 0.15) is 28.4 Å². The fourth-order valence-electron chi connectivity index (χ4n) is 4.04. The van der Waals surface area contributed by atoms with Crippen molar-refractivity contribution < 1.29 is 19.2 Å². The number of hydrazone groups is 1. The van der Waals surface area contributed by atoms with Gasteiger partial charge in [0.05, 0.1) is 23.4 Å². The molecule has 0 atom stereocenters. The summed E-state index contributed by atoms with van der Waals surface area (Å²) in [5.74, 6) is 0.598. The molecule has 228 valence electrons. The van der Waals surface area contributed by atoms with Gasteiger partial charge in [0.25, 0.3) is 11.6 Å². The maximum atomic E-state index is 12.7. The quantitative estimate of drug-likeness (QED) is 0.0755. The number of nitro benzene ring substituents is 1. The second-order valence-corrected chi connectivity index (χ2v) is 11.6. The third kappa shape index (κ3) is 8.44. The van der Waals surface area contributed by atoms with Crippen LogP contribution < -0.4 is 20.2 Å². The van der Waals surface area contributed by atoms with Gasteiger partial charge in [-0.05, 0) is 89.1 Å². The largest absolute Gasteiger partial charge is 0.490 e. The minimum Gasteiger partial charge on any atom is -0.490 e. The first kappa shape index (κ1) is 31.6. The summed E-state index contributed by atoms with van der Waals surface area (Å²) in [6, 6.07) is 24.1. The average molecular weight is 707 g/mol. The molecule has 0 spiro atoms. The van der Waals surface area contributed by atoms with Crippen molar-refractivity contribution in [1.29, 1.82) is 0 Å². The summed E-state index contributed by atoms with van der Waals surface area (Å²) in [7, 11) is 0. The van der Waals surface area contributed by atoms with Crippen LogP contribution >= 0.6 is 38.9 Å². The van der Waals surface area contributed by atoms with E-state index < -0.39 is 4.92 Å².